The van der Waals surface area contributed by atoms with Crippen LogP contribution in [0.2, 0.25) is 0 Å². The van der Waals surface area contributed by atoms with E-state index in [-0.39, 0.29) is 68.6 Å². The lowest BCUT2D eigenvalue weighted by Gasteiger charge is -2.53. The monoisotopic (exact) mass is 1770 g/mol. The fourth-order valence-electron chi connectivity index (χ4n) is 26.0. The van der Waals surface area contributed by atoms with Crippen LogP contribution < -0.4 is 0 Å². The Morgan fingerprint density at radius 1 is 0.415 bits per heavy atom. The Hall–Kier alpha value is -10.7. The molecule has 13 aliphatic rings. The van der Waals surface area contributed by atoms with Gasteiger partial charge in [-0.3, -0.25) is 32.9 Å². The number of ketones is 4. The minimum atomic E-state index is -0.495. The van der Waals surface area contributed by atoms with E-state index in [0.717, 1.165) is 165 Å². The third kappa shape index (κ3) is 15.0. The fraction of sp³-hybridized carbons (Fsp3) is 0.598. The van der Waals surface area contributed by atoms with Crippen LogP contribution in [0, 0.1) is 70.0 Å². The smallest absolute Gasteiger partial charge is 0.276 e. The molecule has 0 bridgehead atoms. The molecule has 0 radical (unpaired) electrons. The van der Waals surface area contributed by atoms with Gasteiger partial charge in [0.15, 0.2) is 34.8 Å². The Labute approximate surface area is 757 Å². The van der Waals surface area contributed by atoms with Gasteiger partial charge in [0.2, 0.25) is 5.78 Å². The van der Waals surface area contributed by atoms with Crippen molar-refractivity contribution in [3.63, 3.8) is 0 Å². The Morgan fingerprint density at radius 3 is 1.22 bits per heavy atom. The summed E-state index contributed by atoms with van der Waals surface area (Å²) in [5.41, 5.74) is 10.9. The average molecular weight is 1770 g/mol. The molecule has 33 nitrogen and oxygen atoms in total. The van der Waals surface area contributed by atoms with E-state index in [1.54, 1.807) is 28.2 Å². The number of aliphatic hydroxyl groups excluding tert-OH is 1. The summed E-state index contributed by atoms with van der Waals surface area (Å²) >= 11 is 0. The number of ether oxygens (including phenoxy) is 6. The molecule has 3 spiro atoms. The van der Waals surface area contributed by atoms with Crippen LogP contribution in [-0.2, 0) is 118 Å². The molecule has 130 heavy (non-hydrogen) atoms. The third-order valence-corrected chi connectivity index (χ3v) is 32.9. The number of carbonyl (C=O) groups is 4. The number of aliphatic hydroxyl groups is 1. The van der Waals surface area contributed by atoms with Crippen LogP contribution in [0.4, 0.5) is 0 Å². The quantitative estimate of drug-likeness (QED) is 0.109. The van der Waals surface area contributed by atoms with Crippen LogP contribution >= 0.6 is 0 Å². The van der Waals surface area contributed by atoms with Crippen molar-refractivity contribution in [2.75, 3.05) is 39.6 Å². The second-order valence-corrected chi connectivity index (χ2v) is 40.0. The van der Waals surface area contributed by atoms with Crippen molar-refractivity contribution in [2.45, 2.75) is 231 Å². The second kappa shape index (κ2) is 34.2. The van der Waals surface area contributed by atoms with Crippen LogP contribution in [0.3, 0.4) is 0 Å². The number of tetrazole rings is 4. The van der Waals surface area contributed by atoms with Crippen LogP contribution in [0.25, 0.3) is 52.0 Å². The molecule has 15 atom stereocenters. The van der Waals surface area contributed by atoms with Gasteiger partial charge in [-0.15, -0.1) is 25.5 Å². The summed E-state index contributed by atoms with van der Waals surface area (Å²) in [5, 5.41) is 60.4. The molecule has 10 aromatic rings. The molecule has 0 amide bonds. The van der Waals surface area contributed by atoms with E-state index in [4.69, 9.17) is 43.4 Å². The molecule has 0 unspecified atom stereocenters. The van der Waals surface area contributed by atoms with Crippen LogP contribution in [0.5, 0.6) is 0 Å². The topological polar surface area (TPSA) is 372 Å². The summed E-state index contributed by atoms with van der Waals surface area (Å²) in [6.45, 7) is 26.0. The Balaban J connectivity index is 0.000000106. The van der Waals surface area contributed by atoms with E-state index in [1.165, 1.54) is 42.5 Å². The van der Waals surface area contributed by atoms with Gasteiger partial charge < -0.3 is 33.5 Å². The molecule has 23 rings (SSSR count). The molecule has 7 aromatic heterocycles. The normalized spacial score (nSPS) is 31.3. The highest BCUT2D eigenvalue weighted by molar-refractivity contribution is 6.39. The van der Waals surface area contributed by atoms with Crippen LogP contribution in [0.1, 0.15) is 212 Å². The van der Waals surface area contributed by atoms with Gasteiger partial charge in [0.1, 0.15) is 23.3 Å². The highest BCUT2D eigenvalue weighted by Gasteiger charge is 2.63. The summed E-state index contributed by atoms with van der Waals surface area (Å²) in [4.78, 5) is 71.0. The lowest BCUT2D eigenvalue weighted by molar-refractivity contribution is -0.242. The van der Waals surface area contributed by atoms with Crippen LogP contribution in [-0.4, -0.2) is 195 Å². The minimum absolute atomic E-state index is 0.0372. The van der Waals surface area contributed by atoms with Gasteiger partial charge in [0, 0.05) is 117 Å². The summed E-state index contributed by atoms with van der Waals surface area (Å²) in [6.07, 6.45) is 19.9. The van der Waals surface area contributed by atoms with Crippen molar-refractivity contribution < 1.29 is 52.7 Å². The van der Waals surface area contributed by atoms with E-state index in [1.807, 2.05) is 61.5 Å². The number of nitrogens with zero attached hydrogens (tertiary/aromatic N) is 22. The van der Waals surface area contributed by atoms with Gasteiger partial charge in [0.25, 0.3) is 17.8 Å². The Bertz CT molecular complexity index is 5970. The standard InChI is InChI=1S/C23H28N6O2.C22H26N6O.C21H24N6O.C17H24N4O3.C14H20O4/c1-15-17-9-10-18-19(22(17,2)11-12-23(15)30-13-14-31-23)24-20(16-7-5-4-6-8-16)29(18)21-25-27-28(3)26-21;1-14-11-15(13-29)12-22(2)17(14)9-10-18-19(22)23-20(16-7-5-4-6-8-16)28(18)21-24-26-27(3)25-21;1-13-15-9-10-16-18(21(15,2)12-11-17(13)28)22-19(14-7-5-4-6-8-14)27(16)20-23-25-26(3)24-20;1-11-13-5-4-12(10-14-18-20-21(3)19-14)15(22)16(13,2)6-7-17(11)23-8-9-24-17;1-9-10-3-4-11(15)12(16)13(10,2)5-6-14(9)17-7-8-18-14/h4-8,15,17H,9-14H2,1-3H3;4-8,13-14,17,29H,9-12H2,1-3H3;4-8,13,15H,9-12H2,1-3H3;4,11,13H,5-10H2,1-3H3;9-10H,3-8H2,1-2H3/b;15-13+;;;/t15-,17-,22-;14-,17+,22+;13-,15-,21-;11-,13-,16-;9-,10-,13-/m01000/s1. The number of hydrogen-bond acceptors (Lipinski definition) is 26. The molecule has 3 aromatic carbocycles. The highest BCUT2D eigenvalue weighted by atomic mass is 16.7. The van der Waals surface area contributed by atoms with Gasteiger partial charge in [0.05, 0.1) is 96.9 Å². The minimum Gasteiger partial charge on any atom is -0.516 e. The van der Waals surface area contributed by atoms with Gasteiger partial charge in [-0.1, -0.05) is 182 Å². The zero-order chi connectivity index (χ0) is 90.8. The zero-order valence-electron chi connectivity index (χ0n) is 77.3. The number of Topliss-reactive ketones (excluding diaryl/α,β-unsaturated/α-hetero) is 4. The van der Waals surface area contributed by atoms with Crippen molar-refractivity contribution in [1.82, 2.24) is 109 Å². The predicted octanol–water partition coefficient (Wildman–Crippen LogP) is 12.9. The number of hydrogen-bond donors (Lipinski definition) is 1. The Morgan fingerprint density at radius 2 is 0.792 bits per heavy atom. The summed E-state index contributed by atoms with van der Waals surface area (Å²) in [5.74, 6) is 6.85. The van der Waals surface area contributed by atoms with E-state index in [2.05, 4.69) is 180 Å². The number of allylic oxidation sites excluding steroid dienone is 3. The molecule has 1 N–H and O–H groups in total. The number of carbonyl (C=O) groups excluding carboxylic acids is 4. The van der Waals surface area contributed by atoms with Gasteiger partial charge in [-0.05, 0) is 157 Å². The first-order chi connectivity index (χ1) is 62.5. The largest absolute Gasteiger partial charge is 0.516 e. The SMILES string of the molecule is C[C@@H]1C(=O)CC[C@]2(C)c3nc(-c4ccccc4)n(-c4nnn(C)n4)c3CC[C@@H]12.C[C@@H]1C/C(=C\O)C[C@]2(C)c3nc(-c4ccccc4)n(-c4nnn(C)n4)c3CC[C@@H]12.C[C@H]1[C@@H]2CC=C(Cc3nnn(C)n3)C(=O)[C@@]2(C)CCC12OCCO2.C[C@H]1[C@@H]2CCC(=O)C(=O)[C@@]2(C)CCC12OCCO2.C[C@H]1[C@@H]2CCc3c(nc(-c4ccccc4)n3-c3nnn(C)n3)[C@@]2(C)CCC12OCCO2. The number of benzene rings is 3. The summed E-state index contributed by atoms with van der Waals surface area (Å²) < 4.78 is 42.2. The molecule has 10 aliphatic carbocycles. The number of fused-ring (bicyclic) bond motifs is 11. The molecular formula is C97H122N22O11. The lowest BCUT2D eigenvalue weighted by Crippen LogP contribution is -2.57. The van der Waals surface area contributed by atoms with E-state index >= 15 is 0 Å². The summed E-state index contributed by atoms with van der Waals surface area (Å²) in [6, 6.07) is 30.7. The number of imidazole rings is 3. The molecule has 3 saturated heterocycles. The lowest BCUT2D eigenvalue weighted by atomic mass is 9.54. The van der Waals surface area contributed by atoms with Crippen molar-refractivity contribution in [3.8, 4) is 52.0 Å². The van der Waals surface area contributed by atoms with Crippen molar-refractivity contribution in [3.05, 3.63) is 154 Å². The molecule has 686 valence electrons. The van der Waals surface area contributed by atoms with Crippen molar-refractivity contribution in [1.29, 1.82) is 0 Å². The maximum absolute atomic E-state index is 13.2. The summed E-state index contributed by atoms with van der Waals surface area (Å²) in [7, 11) is 7.08. The maximum Gasteiger partial charge on any atom is 0.276 e. The predicted molar refractivity (Wildman–Crippen MR) is 476 cm³/mol. The maximum atomic E-state index is 13.2. The van der Waals surface area contributed by atoms with Gasteiger partial charge in [-0.25, -0.2) is 15.0 Å². The second-order valence-electron chi connectivity index (χ2n) is 40.0. The zero-order valence-corrected chi connectivity index (χ0v) is 77.3. The first-order valence-corrected chi connectivity index (χ1v) is 46.9. The third-order valence-electron chi connectivity index (χ3n) is 32.9. The van der Waals surface area contributed by atoms with E-state index < -0.39 is 22.8 Å². The van der Waals surface area contributed by atoms with Crippen molar-refractivity contribution >= 4 is 23.1 Å². The average Bonchev–Trinajstić information content (AvgIpc) is 1.59. The van der Waals surface area contributed by atoms with Gasteiger partial charge >= 0.3 is 0 Å². The molecule has 9 fully saturated rings. The molecule has 3 aliphatic heterocycles. The van der Waals surface area contributed by atoms with Gasteiger partial charge in [-0.2, -0.15) is 19.2 Å². The van der Waals surface area contributed by atoms with E-state index in [0.29, 0.717) is 124 Å². The van der Waals surface area contributed by atoms with E-state index in [9.17, 15) is 24.3 Å². The number of aryl methyl sites for hydroxylation is 4. The molecular weight excluding hydrogens is 1650 g/mol. The first kappa shape index (κ1) is 88.6. The molecule has 33 heteroatoms. The molecule has 10 heterocycles. The van der Waals surface area contributed by atoms with Crippen LogP contribution in [0.15, 0.2) is 114 Å². The molecule has 6 saturated carbocycles. The first-order valence-electron chi connectivity index (χ1n) is 46.9. The highest BCUT2D eigenvalue weighted by Crippen LogP contribution is 2.62. The number of rotatable bonds is 8. The van der Waals surface area contributed by atoms with Crippen molar-refractivity contribution in [2.24, 2.45) is 98.2 Å². The number of aromatic nitrogens is 22. The fourth-order valence-corrected chi connectivity index (χ4v) is 26.0. The Kier molecular flexibility index (Phi) is 23.3.